The molecule has 6 aromatic carbocycles. The van der Waals surface area contributed by atoms with Gasteiger partial charge in [-0.05, 0) is 194 Å². The lowest BCUT2D eigenvalue weighted by Crippen LogP contribution is -2.46. The van der Waals surface area contributed by atoms with Gasteiger partial charge in [0, 0.05) is 118 Å². The van der Waals surface area contributed by atoms with E-state index >= 15 is 0 Å². The number of piperidine rings is 2. The van der Waals surface area contributed by atoms with Crippen LogP contribution in [0.15, 0.2) is 152 Å². The summed E-state index contributed by atoms with van der Waals surface area (Å²) >= 11 is 38.5. The molecule has 27 nitrogen and oxygen atoms in total. The van der Waals surface area contributed by atoms with Crippen LogP contribution in [0.1, 0.15) is 153 Å². The largest absolute Gasteiger partial charge is 0.497 e. The van der Waals surface area contributed by atoms with Crippen LogP contribution in [0.25, 0.3) is 52.0 Å². The number of amides is 4. The molecule has 0 bridgehead atoms. The number of esters is 1. The van der Waals surface area contributed by atoms with Crippen molar-refractivity contribution in [2.75, 3.05) is 94.4 Å². The number of carbonyl (C=O) groups is 5. The molecular weight excluding hydrogens is 1700 g/mol. The molecule has 3 N–H and O–H groups in total. The summed E-state index contributed by atoms with van der Waals surface area (Å²) in [5, 5.41) is 23.8. The van der Waals surface area contributed by atoms with Crippen LogP contribution in [0.3, 0.4) is 0 Å². The summed E-state index contributed by atoms with van der Waals surface area (Å²) in [5.41, 5.74) is 17.9. The summed E-state index contributed by atoms with van der Waals surface area (Å²) in [7, 11) is 3.96. The maximum Gasteiger partial charge on any atom is 0.320 e. The van der Waals surface area contributed by atoms with Crippen molar-refractivity contribution in [3.05, 3.63) is 255 Å². The van der Waals surface area contributed by atoms with Crippen LogP contribution in [0.4, 0.5) is 0 Å². The van der Waals surface area contributed by atoms with Crippen LogP contribution in [0, 0.1) is 0 Å². The smallest absolute Gasteiger partial charge is 0.320 e. The van der Waals surface area contributed by atoms with E-state index < -0.39 is 16.1 Å². The van der Waals surface area contributed by atoms with E-state index in [1.165, 1.54) is 25.3 Å². The Morgan fingerprint density at radius 3 is 1.29 bits per heavy atom. The summed E-state index contributed by atoms with van der Waals surface area (Å²) in [5.74, 6) is 0.652. The van der Waals surface area contributed by atoms with Crippen molar-refractivity contribution in [1.29, 1.82) is 0 Å². The topological polar surface area (TPSA) is 278 Å². The van der Waals surface area contributed by atoms with Gasteiger partial charge < -0.3 is 29.2 Å². The van der Waals surface area contributed by atoms with Gasteiger partial charge in [0.25, 0.3) is 27.9 Å². The third-order valence-corrected chi connectivity index (χ3v) is 24.5. The number of benzene rings is 6. The fourth-order valence-electron chi connectivity index (χ4n) is 15.0. The minimum Gasteiger partial charge on any atom is -0.497 e. The van der Waals surface area contributed by atoms with Gasteiger partial charge >= 0.3 is 5.97 Å². The number of aromatic nitrogens is 7. The average molecular weight is 1790 g/mol. The monoisotopic (exact) mass is 1790 g/mol. The first-order valence-corrected chi connectivity index (χ1v) is 43.3. The molecule has 0 radical (unpaired) electrons. The Morgan fingerprint density at radius 1 is 0.500 bits per heavy atom. The number of rotatable bonds is 21. The van der Waals surface area contributed by atoms with Crippen LogP contribution in [0.2, 0.25) is 30.1 Å². The maximum atomic E-state index is 13.7. The zero-order valence-electron chi connectivity index (χ0n) is 68.5. The molecule has 0 saturated carbocycles. The van der Waals surface area contributed by atoms with Crippen LogP contribution in [-0.2, 0) is 44.2 Å². The summed E-state index contributed by atoms with van der Waals surface area (Å²) in [6, 6.07) is 43.2. The number of hydrazine groups is 2. The van der Waals surface area contributed by atoms with Gasteiger partial charge in [0.05, 0.1) is 102 Å². The van der Waals surface area contributed by atoms with Crippen LogP contribution in [0.5, 0.6) is 17.2 Å². The molecule has 5 aliphatic heterocycles. The normalized spacial score (nSPS) is 16.3. The lowest BCUT2D eigenvalue weighted by molar-refractivity contribution is -0.144. The van der Waals surface area contributed by atoms with Gasteiger partial charge in [0.15, 0.2) is 17.1 Å². The first-order chi connectivity index (χ1) is 58.7. The third-order valence-electron chi connectivity index (χ3n) is 21.1. The highest BCUT2D eigenvalue weighted by Gasteiger charge is 2.40. The van der Waals surface area contributed by atoms with Gasteiger partial charge in [-0.2, -0.15) is 32.3 Å². The molecule has 2 saturated heterocycles. The number of halogens is 6. The number of pyridine rings is 1. The molecule has 9 heterocycles. The van der Waals surface area contributed by atoms with Crippen LogP contribution < -0.4 is 30.4 Å². The fourth-order valence-corrected chi connectivity index (χ4v) is 17.5. The first kappa shape index (κ1) is 89.3. The van der Waals surface area contributed by atoms with E-state index in [0.717, 1.165) is 120 Å². The second-order valence-electron chi connectivity index (χ2n) is 29.7. The molecule has 0 spiro atoms. The minimum absolute atomic E-state index is 0.0379. The number of hydrogen-bond acceptors (Lipinski definition) is 18. The van der Waals surface area contributed by atoms with Gasteiger partial charge in [-0.3, -0.25) is 44.7 Å². The van der Waals surface area contributed by atoms with Crippen molar-refractivity contribution in [2.45, 2.75) is 85.0 Å². The number of ether oxygens (including phenoxy) is 4. The van der Waals surface area contributed by atoms with Gasteiger partial charge in [-0.15, -0.1) is 0 Å². The van der Waals surface area contributed by atoms with E-state index in [-0.39, 0.29) is 73.0 Å². The van der Waals surface area contributed by atoms with E-state index in [4.69, 9.17) is 104 Å². The molecule has 4 amide bonds. The quantitative estimate of drug-likeness (QED) is 0.0564. The average Bonchev–Trinajstić information content (AvgIpc) is 1.62. The second kappa shape index (κ2) is 40.3. The summed E-state index contributed by atoms with van der Waals surface area (Å²) < 4.78 is 55.4. The van der Waals surface area contributed by atoms with E-state index in [0.29, 0.717) is 113 Å². The Kier molecular flexibility index (Phi) is 29.5. The zero-order valence-corrected chi connectivity index (χ0v) is 73.8. The molecule has 4 aromatic heterocycles. The highest BCUT2D eigenvalue weighted by molar-refractivity contribution is 7.86. The predicted octanol–water partition coefficient (Wildman–Crippen LogP) is 15.7. The second-order valence-corrected chi connectivity index (χ2v) is 34.4. The molecule has 1 unspecified atom stereocenters. The summed E-state index contributed by atoms with van der Waals surface area (Å²) in [6.45, 7) is 9.91. The molecule has 1 atom stereocenters. The first-order valence-electron chi connectivity index (χ1n) is 39.6. The molecule has 5 aliphatic rings. The Hall–Kier alpha value is -10.4. The molecule has 10 aromatic rings. The van der Waals surface area contributed by atoms with E-state index in [1.54, 1.807) is 108 Å². The molecular formula is C88H92Cl6N16O11S. The van der Waals surface area contributed by atoms with Crippen molar-refractivity contribution < 1.29 is 51.3 Å². The number of methoxy groups -OCH3 is 3. The van der Waals surface area contributed by atoms with Gasteiger partial charge in [-0.1, -0.05) is 125 Å². The van der Waals surface area contributed by atoms with Gasteiger partial charge in [0.1, 0.15) is 17.2 Å². The van der Waals surface area contributed by atoms with Crippen molar-refractivity contribution in [1.82, 2.24) is 78.9 Å². The highest BCUT2D eigenvalue weighted by atomic mass is 35.5. The van der Waals surface area contributed by atoms with Gasteiger partial charge in [0.2, 0.25) is 5.91 Å². The molecule has 34 heteroatoms. The van der Waals surface area contributed by atoms with E-state index in [9.17, 15) is 32.4 Å². The number of nitrogens with zero attached hydrogens (tertiary/aromatic N) is 13. The molecule has 2 fully saturated rings. The minimum atomic E-state index is -3.83. The SMILES string of the molecule is CCOC(=O)CN1C/C(=C\c2ccc(OC)cc2)c2c(c(C(=O)NN3CCCCC3)nn2-c2ccc(Cl)cc2Cl)C1.COc1ccc(/C=C2\CN(C(C)=O)Cc3c(C(=O)NC(C)c4ccccn4)nn(-c4ccc(Cl)cc4Cl)c32)cc1.COc1ccc(/C=C2\CN(S(=O)(=O)N(C)C)Cc3c(C(=O)NN4CCCCC4)nn(-c4ccc(Cl)cc4Cl)c32)cc1. The Morgan fingerprint density at radius 2 is 0.902 bits per heavy atom. The predicted molar refractivity (Wildman–Crippen MR) is 475 cm³/mol. The van der Waals surface area contributed by atoms with Crippen molar-refractivity contribution >= 4 is 144 Å². The van der Waals surface area contributed by atoms with Crippen molar-refractivity contribution in [3.63, 3.8) is 0 Å². The maximum absolute atomic E-state index is 13.7. The number of carbonyl (C=O) groups excluding carboxylic acids is 5. The highest BCUT2D eigenvalue weighted by Crippen LogP contribution is 2.41. The van der Waals surface area contributed by atoms with Gasteiger partial charge in [-0.25, -0.2) is 24.1 Å². The zero-order chi connectivity index (χ0) is 86.6. The molecule has 0 aliphatic carbocycles. The number of hydrogen-bond donors (Lipinski definition) is 3. The van der Waals surface area contributed by atoms with Crippen LogP contribution >= 0.6 is 69.6 Å². The standard InChI is InChI=1S/C30H33Cl2N5O4.C30H27Cl2N5O3.C28H32Cl2N6O4S/c1-3-41-27(38)19-35-17-21(15-20-7-10-23(40-2)11-8-20)29-24(18-35)28(30(39)34-36-13-5-4-6-14-36)33-37(29)26-12-9-22(31)16-25(26)32;1-18(26-6-4-5-13-33-26)34-30(39)28-24-17-36(19(2)38)16-21(14-20-7-10-23(40-3)11-8-20)29(24)37(35-28)27-12-9-22(31)15-25(27)32;1-33(2)41(38,39)35-17-20(15-19-7-10-22(40-3)11-8-19)27-23(18-35)26(28(37)32-34-13-5-4-6-14-34)31-36(27)25-12-9-21(29)16-24(25)30/h7-12,15-16H,3-6,13-14,17-19H2,1-2H3,(H,34,39);4-15,18H,16-17H2,1-3H3,(H,34,39);7-12,15-16H,4-6,13-14,17-18H2,1-3H3,(H,32,37)/b21-15+;21-14+;20-15+. The fraction of sp³-hybridized carbons (Fsp3) is 0.307. The Labute approximate surface area is 738 Å². The van der Waals surface area contributed by atoms with E-state index in [1.807, 2.05) is 131 Å². The Bertz CT molecular complexity index is 5740. The molecule has 15 rings (SSSR count). The van der Waals surface area contributed by atoms with Crippen LogP contribution in [-0.4, -0.2) is 195 Å². The summed E-state index contributed by atoms with van der Waals surface area (Å²) in [6.07, 6.45) is 13.9. The Balaban J connectivity index is 0.000000158. The molecule has 122 heavy (non-hydrogen) atoms. The number of fused-ring (bicyclic) bond motifs is 3. The summed E-state index contributed by atoms with van der Waals surface area (Å²) in [4.78, 5) is 74.2. The van der Waals surface area contributed by atoms with Crippen molar-refractivity contribution in [2.24, 2.45) is 0 Å². The lowest BCUT2D eigenvalue weighted by atomic mass is 9.97. The van der Waals surface area contributed by atoms with E-state index in [2.05, 4.69) is 21.2 Å². The lowest BCUT2D eigenvalue weighted by Gasteiger charge is -2.31. The third kappa shape index (κ3) is 21.1. The molecule has 638 valence electrons. The number of nitrogens with one attached hydrogen (secondary N) is 3. The van der Waals surface area contributed by atoms with Crippen molar-refractivity contribution in [3.8, 4) is 34.3 Å².